The zero-order valence-electron chi connectivity index (χ0n) is 21.2. The molecule has 0 fully saturated rings. The van der Waals surface area contributed by atoms with Crippen LogP contribution in [-0.2, 0) is 10.2 Å². The van der Waals surface area contributed by atoms with Crippen LogP contribution in [0.5, 0.6) is 11.5 Å². The molecule has 1 N–H and O–H groups in total. The van der Waals surface area contributed by atoms with Gasteiger partial charge in [-0.25, -0.2) is 4.39 Å². The van der Waals surface area contributed by atoms with Gasteiger partial charge < -0.3 is 14.4 Å². The van der Waals surface area contributed by atoms with Crippen LogP contribution in [0.15, 0.2) is 77.1 Å². The number of benzene rings is 2. The lowest BCUT2D eigenvalue weighted by Gasteiger charge is -2.38. The Kier molecular flexibility index (Phi) is 7.57. The minimum Gasteiger partial charge on any atom is -0.495 e. The maximum Gasteiger partial charge on any atom is 0.573 e. The summed E-state index contributed by atoms with van der Waals surface area (Å²) < 4.78 is 90.3. The number of alkyl halides is 3. The number of allylic oxidation sites excluding steroid dienone is 1. The summed E-state index contributed by atoms with van der Waals surface area (Å²) in [6.07, 6.45) is 3.94. The largest absolute Gasteiger partial charge is 0.573 e. The van der Waals surface area contributed by atoms with E-state index in [1.807, 2.05) is 17.1 Å². The Bertz CT molecular complexity index is 1520. The molecule has 0 bridgehead atoms. The van der Waals surface area contributed by atoms with E-state index in [9.17, 15) is 21.6 Å². The molecule has 5 rings (SSSR count). The maximum absolute atomic E-state index is 15.4. The van der Waals surface area contributed by atoms with Crippen molar-refractivity contribution in [1.82, 2.24) is 14.1 Å². The number of hydrogen-bond acceptors (Lipinski definition) is 7. The van der Waals surface area contributed by atoms with Gasteiger partial charge in [-0.3, -0.25) is 10.0 Å². The van der Waals surface area contributed by atoms with Crippen molar-refractivity contribution in [2.24, 2.45) is 4.99 Å². The summed E-state index contributed by atoms with van der Waals surface area (Å²) in [6, 6.07) is 7.74. The van der Waals surface area contributed by atoms with Gasteiger partial charge >= 0.3 is 6.36 Å². The normalized spacial score (nSPS) is 17.8. The second kappa shape index (κ2) is 10.9. The fraction of sp³-hybridized carbons (Fsp3) is 0.269. The highest BCUT2D eigenvalue weighted by atomic mass is 32.2. The van der Waals surface area contributed by atoms with Crippen molar-refractivity contribution in [1.29, 1.82) is 0 Å². The lowest BCUT2D eigenvalue weighted by Crippen LogP contribution is -2.50. The van der Waals surface area contributed by atoms with Crippen molar-refractivity contribution in [2.45, 2.75) is 12.8 Å². The van der Waals surface area contributed by atoms with Crippen LogP contribution in [0.1, 0.15) is 6.42 Å². The molecule has 3 aliphatic heterocycles. The highest BCUT2D eigenvalue weighted by molar-refractivity contribution is 7.87. The highest BCUT2D eigenvalue weighted by Gasteiger charge is 2.33. The Balaban J connectivity index is 1.41. The Morgan fingerprint density at radius 3 is 2.70 bits per heavy atom. The number of nitrogens with one attached hydrogen (secondary N) is 1. The summed E-state index contributed by atoms with van der Waals surface area (Å²) in [5.74, 6) is -0.836. The predicted octanol–water partition coefficient (Wildman–Crippen LogP) is 4.34. The van der Waals surface area contributed by atoms with Crippen molar-refractivity contribution in [3.8, 4) is 22.6 Å². The van der Waals surface area contributed by atoms with Gasteiger partial charge in [-0.1, -0.05) is 24.3 Å². The molecule has 212 valence electrons. The van der Waals surface area contributed by atoms with E-state index in [4.69, 9.17) is 4.74 Å². The Hall–Kier alpha value is -3.88. The van der Waals surface area contributed by atoms with Crippen LogP contribution in [0, 0.1) is 5.82 Å². The standard InChI is InChI=1S/C26H25F4N5O4S/c1-38-25-14-21(18-5-2-7-20(13-18)39-26(28,29)30)22(27)15-24(25)35-11-3-6-19-16-34(12-8-23(19)35)40(36,37)32-33-10-4-9-31-17-33/h2-7,9-10,13-15,32H,8,11-12,16-17H2,1H3. The Labute approximate surface area is 228 Å². The third-order valence-corrected chi connectivity index (χ3v) is 7.91. The molecule has 0 radical (unpaired) electrons. The first-order chi connectivity index (χ1) is 19.0. The topological polar surface area (TPSA) is 86.7 Å². The Morgan fingerprint density at radius 1 is 1.15 bits per heavy atom. The fourth-order valence-corrected chi connectivity index (χ4v) is 5.89. The molecular formula is C26H25F4N5O4S. The number of rotatable bonds is 7. The smallest absolute Gasteiger partial charge is 0.495 e. The summed E-state index contributed by atoms with van der Waals surface area (Å²) >= 11 is 0. The summed E-state index contributed by atoms with van der Waals surface area (Å²) in [6.45, 7) is 0.845. The van der Waals surface area contributed by atoms with Crippen molar-refractivity contribution >= 4 is 22.1 Å². The molecule has 0 atom stereocenters. The van der Waals surface area contributed by atoms with Crippen LogP contribution in [0.2, 0.25) is 0 Å². The van der Waals surface area contributed by atoms with Gasteiger partial charge in [-0.15, -0.1) is 18.0 Å². The second-order valence-electron chi connectivity index (χ2n) is 9.03. The summed E-state index contributed by atoms with van der Waals surface area (Å²) in [5.41, 5.74) is 2.20. The molecule has 9 nitrogen and oxygen atoms in total. The average molecular weight is 580 g/mol. The van der Waals surface area contributed by atoms with Gasteiger partial charge in [-0.2, -0.15) is 12.7 Å². The molecule has 2 aromatic rings. The molecular weight excluding hydrogens is 554 g/mol. The lowest BCUT2D eigenvalue weighted by molar-refractivity contribution is -0.274. The van der Waals surface area contributed by atoms with E-state index < -0.39 is 28.1 Å². The van der Waals surface area contributed by atoms with Crippen molar-refractivity contribution in [3.05, 3.63) is 77.9 Å². The number of ether oxygens (including phenoxy) is 2. The van der Waals surface area contributed by atoms with E-state index in [-0.39, 0.29) is 30.9 Å². The summed E-state index contributed by atoms with van der Waals surface area (Å²) in [5, 5.41) is 1.36. The molecule has 3 aliphatic rings. The lowest BCUT2D eigenvalue weighted by atomic mass is 9.99. The fourth-order valence-electron chi connectivity index (χ4n) is 4.72. The van der Waals surface area contributed by atoms with Gasteiger partial charge in [-0.05, 0) is 35.4 Å². The molecule has 0 saturated carbocycles. The minimum atomic E-state index is -4.88. The van der Waals surface area contributed by atoms with Gasteiger partial charge in [0.1, 0.15) is 24.0 Å². The van der Waals surface area contributed by atoms with Crippen molar-refractivity contribution in [2.75, 3.05) is 38.3 Å². The van der Waals surface area contributed by atoms with Gasteiger partial charge in [0.2, 0.25) is 0 Å². The SMILES string of the molecule is COc1cc(-c2cccc(OC(F)(F)F)c2)c(F)cc1N1CC=CC2=C1CCN(S(=O)(=O)NN1C=CC=NC1)C2. The quantitative estimate of drug-likeness (QED) is 0.492. The summed E-state index contributed by atoms with van der Waals surface area (Å²) in [7, 11) is -2.44. The number of hydrogen-bond donors (Lipinski definition) is 1. The van der Waals surface area contributed by atoms with E-state index in [0.29, 0.717) is 24.4 Å². The van der Waals surface area contributed by atoms with Gasteiger partial charge in [0.25, 0.3) is 10.2 Å². The first-order valence-electron chi connectivity index (χ1n) is 12.1. The van der Waals surface area contributed by atoms with Crippen molar-refractivity contribution in [3.63, 3.8) is 0 Å². The molecule has 0 unspecified atom stereocenters. The molecule has 0 spiro atoms. The molecule has 3 heterocycles. The number of methoxy groups -OCH3 is 1. The Morgan fingerprint density at radius 2 is 1.98 bits per heavy atom. The molecule has 0 aromatic heterocycles. The van der Waals surface area contributed by atoms with Crippen molar-refractivity contribution < 1.29 is 35.5 Å². The highest BCUT2D eigenvalue weighted by Crippen LogP contribution is 2.41. The number of aliphatic imine (C=N–C) groups is 1. The molecule has 0 aliphatic carbocycles. The first kappa shape index (κ1) is 27.7. The molecule has 14 heteroatoms. The monoisotopic (exact) mass is 579 g/mol. The maximum atomic E-state index is 15.4. The van der Waals surface area contributed by atoms with Crippen LogP contribution < -0.4 is 19.2 Å². The van der Waals surface area contributed by atoms with Gasteiger partial charge in [0.05, 0.1) is 12.8 Å². The van der Waals surface area contributed by atoms with E-state index in [1.165, 1.54) is 40.7 Å². The zero-order chi connectivity index (χ0) is 28.5. The number of nitrogens with zero attached hydrogens (tertiary/aromatic N) is 4. The van der Waals surface area contributed by atoms with E-state index in [0.717, 1.165) is 23.4 Å². The van der Waals surface area contributed by atoms with Gasteiger partial charge in [0.15, 0.2) is 0 Å². The molecule has 40 heavy (non-hydrogen) atoms. The van der Waals surface area contributed by atoms with Crippen LogP contribution in [0.3, 0.4) is 0 Å². The average Bonchev–Trinajstić information content (AvgIpc) is 2.92. The van der Waals surface area contributed by atoms with Crippen LogP contribution >= 0.6 is 0 Å². The molecule has 0 amide bonds. The second-order valence-corrected chi connectivity index (χ2v) is 10.7. The number of hydrazine groups is 1. The zero-order valence-corrected chi connectivity index (χ0v) is 22.0. The summed E-state index contributed by atoms with van der Waals surface area (Å²) in [4.78, 5) is 8.36. The third kappa shape index (κ3) is 5.98. The molecule has 0 saturated heterocycles. The van der Waals surface area contributed by atoms with E-state index in [1.54, 1.807) is 18.5 Å². The van der Waals surface area contributed by atoms with E-state index >= 15 is 4.39 Å². The van der Waals surface area contributed by atoms with Crippen LogP contribution in [-0.4, -0.2) is 63.7 Å². The number of halogens is 4. The molecule has 2 aromatic carbocycles. The predicted molar refractivity (Wildman–Crippen MR) is 141 cm³/mol. The van der Waals surface area contributed by atoms with E-state index in [2.05, 4.69) is 14.6 Å². The van der Waals surface area contributed by atoms with Gasteiger partial charge in [0, 0.05) is 55.8 Å². The minimum absolute atomic E-state index is 0.0399. The van der Waals surface area contributed by atoms with Crippen LogP contribution in [0.25, 0.3) is 11.1 Å². The first-order valence-corrected chi connectivity index (χ1v) is 13.6. The van der Waals surface area contributed by atoms with Crippen LogP contribution in [0.4, 0.5) is 23.2 Å². The number of anilines is 1. The third-order valence-electron chi connectivity index (χ3n) is 6.45.